The first-order valence-corrected chi connectivity index (χ1v) is 8.84. The number of ether oxygens (including phenoxy) is 1. The quantitative estimate of drug-likeness (QED) is 0.839. The molecule has 2 N–H and O–H groups in total. The zero-order chi connectivity index (χ0) is 17.6. The maximum absolute atomic E-state index is 12.2. The lowest BCUT2D eigenvalue weighted by Crippen LogP contribution is -2.39. The molecular weight excluding hydrogens is 318 g/mol. The number of hydrogen-bond donors (Lipinski definition) is 2. The minimum Gasteiger partial charge on any atom is -0.473 e. The van der Waals surface area contributed by atoms with Crippen molar-refractivity contribution in [1.82, 2.24) is 25.5 Å². The van der Waals surface area contributed by atoms with Crippen molar-refractivity contribution in [3.05, 3.63) is 35.5 Å². The van der Waals surface area contributed by atoms with Crippen molar-refractivity contribution in [3.63, 3.8) is 0 Å². The number of nitrogens with one attached hydrogen (secondary N) is 2. The molecule has 1 fully saturated rings. The van der Waals surface area contributed by atoms with Gasteiger partial charge in [-0.25, -0.2) is 4.98 Å². The summed E-state index contributed by atoms with van der Waals surface area (Å²) in [5.74, 6) is 0.680. The van der Waals surface area contributed by atoms with E-state index in [-0.39, 0.29) is 18.1 Å². The van der Waals surface area contributed by atoms with Gasteiger partial charge in [-0.05, 0) is 51.5 Å². The van der Waals surface area contributed by atoms with E-state index >= 15 is 0 Å². The number of aryl methyl sites for hydroxylation is 2. The monoisotopic (exact) mass is 343 g/mol. The van der Waals surface area contributed by atoms with Crippen LogP contribution in [0.2, 0.25) is 0 Å². The molecule has 2 heterocycles. The second-order valence-corrected chi connectivity index (χ2v) is 6.62. The van der Waals surface area contributed by atoms with Crippen LogP contribution in [0.15, 0.2) is 18.6 Å². The number of amides is 1. The minimum absolute atomic E-state index is 0.110. The fourth-order valence-corrected chi connectivity index (χ4v) is 3.32. The summed E-state index contributed by atoms with van der Waals surface area (Å²) in [6, 6.07) is 0.237. The van der Waals surface area contributed by atoms with Crippen molar-refractivity contribution in [2.24, 2.45) is 0 Å². The molecule has 1 saturated carbocycles. The van der Waals surface area contributed by atoms with Crippen LogP contribution in [0.3, 0.4) is 0 Å². The Hall–Kier alpha value is -2.44. The fraction of sp³-hybridized carbons (Fsp3) is 0.556. The number of aromatic nitrogens is 4. The van der Waals surface area contributed by atoms with E-state index in [4.69, 9.17) is 4.74 Å². The lowest BCUT2D eigenvalue weighted by molar-refractivity contribution is -0.122. The second kappa shape index (κ2) is 8.09. The minimum atomic E-state index is 0.110. The summed E-state index contributed by atoms with van der Waals surface area (Å²) >= 11 is 0. The van der Waals surface area contributed by atoms with Gasteiger partial charge in [-0.1, -0.05) is 0 Å². The standard InChI is InChI=1S/C18H25N5O2/c1-12-16(13(2)23-22-12)7-8-17(24)21-14-3-5-15(6-4-14)25-18-11-19-9-10-20-18/h9-11,14-15H,3-8H2,1-2H3,(H,21,24)(H,22,23). The molecule has 7 nitrogen and oxygen atoms in total. The van der Waals surface area contributed by atoms with Gasteiger partial charge in [0.2, 0.25) is 11.8 Å². The summed E-state index contributed by atoms with van der Waals surface area (Å²) in [7, 11) is 0. The highest BCUT2D eigenvalue weighted by atomic mass is 16.5. The Balaban J connectivity index is 1.39. The van der Waals surface area contributed by atoms with Crippen LogP contribution < -0.4 is 10.1 Å². The number of carbonyl (C=O) groups excluding carboxylic acids is 1. The summed E-state index contributed by atoms with van der Waals surface area (Å²) in [6.07, 6.45) is 9.97. The lowest BCUT2D eigenvalue weighted by Gasteiger charge is -2.29. The molecule has 0 bridgehead atoms. The molecule has 0 saturated heterocycles. The third-order valence-corrected chi connectivity index (χ3v) is 4.75. The summed E-state index contributed by atoms with van der Waals surface area (Å²) in [6.45, 7) is 3.96. The molecule has 0 radical (unpaired) electrons. The zero-order valence-corrected chi connectivity index (χ0v) is 14.8. The Morgan fingerprint density at radius 1 is 1.28 bits per heavy atom. The summed E-state index contributed by atoms with van der Waals surface area (Å²) in [4.78, 5) is 20.4. The van der Waals surface area contributed by atoms with E-state index in [1.165, 1.54) is 0 Å². The molecule has 25 heavy (non-hydrogen) atoms. The van der Waals surface area contributed by atoms with Crippen LogP contribution in [-0.4, -0.2) is 38.2 Å². The Kier molecular flexibility index (Phi) is 5.63. The molecule has 2 aromatic heterocycles. The first kappa shape index (κ1) is 17.4. The van der Waals surface area contributed by atoms with Crippen molar-refractivity contribution < 1.29 is 9.53 Å². The molecule has 0 aliphatic heterocycles. The third kappa shape index (κ3) is 4.78. The molecule has 2 aromatic rings. The largest absolute Gasteiger partial charge is 0.473 e. The van der Waals surface area contributed by atoms with Crippen molar-refractivity contribution in [1.29, 1.82) is 0 Å². The summed E-state index contributed by atoms with van der Waals surface area (Å²) in [5, 5.41) is 10.3. The van der Waals surface area contributed by atoms with Crippen molar-refractivity contribution in [3.8, 4) is 5.88 Å². The first-order chi connectivity index (χ1) is 12.1. The molecule has 1 amide bonds. The number of rotatable bonds is 6. The van der Waals surface area contributed by atoms with E-state index in [2.05, 4.69) is 25.5 Å². The summed E-state index contributed by atoms with van der Waals surface area (Å²) < 4.78 is 5.83. The van der Waals surface area contributed by atoms with Crippen LogP contribution in [0.1, 0.15) is 49.1 Å². The molecule has 7 heteroatoms. The molecule has 1 aliphatic rings. The van der Waals surface area contributed by atoms with Gasteiger partial charge in [0, 0.05) is 30.6 Å². The average molecular weight is 343 g/mol. The number of hydrogen-bond acceptors (Lipinski definition) is 5. The van der Waals surface area contributed by atoms with Gasteiger partial charge in [-0.15, -0.1) is 0 Å². The van der Waals surface area contributed by atoms with E-state index in [9.17, 15) is 4.79 Å². The SMILES string of the molecule is Cc1n[nH]c(C)c1CCC(=O)NC1CCC(Oc2cnccn2)CC1. The van der Waals surface area contributed by atoms with E-state index < -0.39 is 0 Å². The van der Waals surface area contributed by atoms with Gasteiger partial charge in [0.15, 0.2) is 0 Å². The maximum Gasteiger partial charge on any atom is 0.232 e. The summed E-state index contributed by atoms with van der Waals surface area (Å²) in [5.41, 5.74) is 3.18. The smallest absolute Gasteiger partial charge is 0.232 e. The van der Waals surface area contributed by atoms with E-state index in [0.717, 1.165) is 49.1 Å². The van der Waals surface area contributed by atoms with Crippen molar-refractivity contribution in [2.45, 2.75) is 64.5 Å². The Labute approximate surface area is 147 Å². The lowest BCUT2D eigenvalue weighted by atomic mass is 9.92. The van der Waals surface area contributed by atoms with Gasteiger partial charge in [0.25, 0.3) is 0 Å². The predicted octanol–water partition coefficient (Wildman–Crippen LogP) is 2.26. The van der Waals surface area contributed by atoms with Crippen LogP contribution in [0.25, 0.3) is 0 Å². The topological polar surface area (TPSA) is 92.8 Å². The Morgan fingerprint density at radius 3 is 2.72 bits per heavy atom. The first-order valence-electron chi connectivity index (χ1n) is 8.84. The molecule has 1 aliphatic carbocycles. The molecule has 3 rings (SSSR count). The predicted molar refractivity (Wildman–Crippen MR) is 93.2 cm³/mol. The fourth-order valence-electron chi connectivity index (χ4n) is 3.32. The third-order valence-electron chi connectivity index (χ3n) is 4.75. The van der Waals surface area contributed by atoms with Gasteiger partial charge >= 0.3 is 0 Å². The van der Waals surface area contributed by atoms with Gasteiger partial charge in [-0.3, -0.25) is 14.9 Å². The maximum atomic E-state index is 12.2. The van der Waals surface area contributed by atoms with Gasteiger partial charge < -0.3 is 10.1 Å². The number of aromatic amines is 1. The Morgan fingerprint density at radius 2 is 2.08 bits per heavy atom. The van der Waals surface area contributed by atoms with Crippen LogP contribution >= 0.6 is 0 Å². The van der Waals surface area contributed by atoms with Gasteiger partial charge in [-0.2, -0.15) is 5.10 Å². The van der Waals surface area contributed by atoms with Crippen molar-refractivity contribution >= 4 is 5.91 Å². The molecule has 0 atom stereocenters. The van der Waals surface area contributed by atoms with Gasteiger partial charge in [0.1, 0.15) is 6.10 Å². The molecule has 0 unspecified atom stereocenters. The highest BCUT2D eigenvalue weighted by molar-refractivity contribution is 5.76. The second-order valence-electron chi connectivity index (χ2n) is 6.62. The molecule has 0 spiro atoms. The zero-order valence-electron chi connectivity index (χ0n) is 14.8. The van der Waals surface area contributed by atoms with Gasteiger partial charge in [0.05, 0.1) is 11.9 Å². The van der Waals surface area contributed by atoms with E-state index in [1.807, 2.05) is 13.8 Å². The van der Waals surface area contributed by atoms with Crippen LogP contribution in [0, 0.1) is 13.8 Å². The van der Waals surface area contributed by atoms with Crippen LogP contribution in [0.5, 0.6) is 5.88 Å². The molecule has 0 aromatic carbocycles. The molecule has 134 valence electrons. The van der Waals surface area contributed by atoms with E-state index in [0.29, 0.717) is 12.3 Å². The van der Waals surface area contributed by atoms with Crippen LogP contribution in [-0.2, 0) is 11.2 Å². The van der Waals surface area contributed by atoms with Crippen LogP contribution in [0.4, 0.5) is 0 Å². The number of H-pyrrole nitrogens is 1. The number of carbonyl (C=O) groups is 1. The average Bonchev–Trinajstić information content (AvgIpc) is 2.94. The molecular formula is C18H25N5O2. The van der Waals surface area contributed by atoms with Crippen molar-refractivity contribution in [2.75, 3.05) is 0 Å². The highest BCUT2D eigenvalue weighted by Gasteiger charge is 2.24. The highest BCUT2D eigenvalue weighted by Crippen LogP contribution is 2.22. The van der Waals surface area contributed by atoms with E-state index in [1.54, 1.807) is 18.6 Å². The number of nitrogens with zero attached hydrogens (tertiary/aromatic N) is 3. The normalized spacial score (nSPS) is 20.2. The Bertz CT molecular complexity index is 673.